The second-order valence-electron chi connectivity index (χ2n) is 3.09. The molecular weight excluding hydrogens is 277 g/mol. The second kappa shape index (κ2) is 4.15. The molecule has 0 amide bonds. The number of thiophene rings is 1. The SMILES string of the molecule is O=c1nc(-c2ccc(Cl)s2)cc(C(F)(F)F)[nH]1. The third-order valence-electron chi connectivity index (χ3n) is 1.88. The molecule has 2 heterocycles. The van der Waals surface area contributed by atoms with E-state index < -0.39 is 17.6 Å². The van der Waals surface area contributed by atoms with Gasteiger partial charge in [0.25, 0.3) is 0 Å². The average molecular weight is 281 g/mol. The molecule has 17 heavy (non-hydrogen) atoms. The molecule has 0 aliphatic heterocycles. The number of hydrogen-bond acceptors (Lipinski definition) is 3. The van der Waals surface area contributed by atoms with Crippen LogP contribution in [0.1, 0.15) is 5.69 Å². The van der Waals surface area contributed by atoms with Gasteiger partial charge in [0.2, 0.25) is 0 Å². The molecule has 0 aliphatic rings. The third kappa shape index (κ3) is 2.67. The Hall–Kier alpha value is -1.34. The van der Waals surface area contributed by atoms with Gasteiger partial charge in [-0.2, -0.15) is 18.2 Å². The fourth-order valence-electron chi connectivity index (χ4n) is 1.19. The van der Waals surface area contributed by atoms with Crippen LogP contribution in [0.2, 0.25) is 4.34 Å². The minimum absolute atomic E-state index is 0.0435. The predicted molar refractivity (Wildman–Crippen MR) is 58.2 cm³/mol. The first kappa shape index (κ1) is 12.1. The van der Waals surface area contributed by atoms with Gasteiger partial charge in [0, 0.05) is 0 Å². The van der Waals surface area contributed by atoms with E-state index in [1.807, 2.05) is 0 Å². The van der Waals surface area contributed by atoms with Crippen LogP contribution in [-0.2, 0) is 6.18 Å². The Morgan fingerprint density at radius 3 is 2.59 bits per heavy atom. The molecule has 0 aliphatic carbocycles. The van der Waals surface area contributed by atoms with E-state index in [2.05, 4.69) is 4.98 Å². The number of aromatic nitrogens is 2. The summed E-state index contributed by atoms with van der Waals surface area (Å²) in [6, 6.07) is 3.82. The lowest BCUT2D eigenvalue weighted by molar-refractivity contribution is -0.141. The lowest BCUT2D eigenvalue weighted by Gasteiger charge is -2.06. The maximum absolute atomic E-state index is 12.4. The zero-order valence-corrected chi connectivity index (χ0v) is 9.58. The fraction of sp³-hybridized carbons (Fsp3) is 0.111. The Labute approximate surface area is 102 Å². The molecular formula is C9H4ClF3N2OS. The first-order valence-electron chi connectivity index (χ1n) is 4.30. The Bertz CT molecular complexity index is 605. The normalized spacial score (nSPS) is 11.8. The maximum Gasteiger partial charge on any atom is 0.431 e. The van der Waals surface area contributed by atoms with E-state index in [1.165, 1.54) is 12.1 Å². The van der Waals surface area contributed by atoms with Crippen LogP contribution in [0.3, 0.4) is 0 Å². The number of alkyl halides is 3. The van der Waals surface area contributed by atoms with Gasteiger partial charge in [-0.1, -0.05) is 11.6 Å². The monoisotopic (exact) mass is 280 g/mol. The van der Waals surface area contributed by atoms with E-state index in [0.29, 0.717) is 9.21 Å². The van der Waals surface area contributed by atoms with Crippen molar-refractivity contribution >= 4 is 22.9 Å². The number of halogens is 4. The highest BCUT2D eigenvalue weighted by Crippen LogP contribution is 2.32. The molecule has 0 spiro atoms. The Morgan fingerprint density at radius 2 is 2.06 bits per heavy atom. The molecule has 0 saturated carbocycles. The van der Waals surface area contributed by atoms with E-state index in [-0.39, 0.29) is 5.69 Å². The molecule has 8 heteroatoms. The van der Waals surface area contributed by atoms with Crippen molar-refractivity contribution < 1.29 is 13.2 Å². The van der Waals surface area contributed by atoms with Crippen LogP contribution in [0, 0.1) is 0 Å². The molecule has 0 fully saturated rings. The summed E-state index contributed by atoms with van der Waals surface area (Å²) < 4.78 is 37.8. The van der Waals surface area contributed by atoms with Gasteiger partial charge in [0.1, 0.15) is 5.69 Å². The summed E-state index contributed by atoms with van der Waals surface area (Å²) in [5.41, 5.74) is -2.21. The number of H-pyrrole nitrogens is 1. The molecule has 0 saturated heterocycles. The third-order valence-corrected chi connectivity index (χ3v) is 3.13. The van der Waals surface area contributed by atoms with Gasteiger partial charge >= 0.3 is 11.9 Å². The number of nitrogens with one attached hydrogen (secondary N) is 1. The minimum atomic E-state index is -4.61. The van der Waals surface area contributed by atoms with Crippen LogP contribution < -0.4 is 5.69 Å². The molecule has 0 unspecified atom stereocenters. The lowest BCUT2D eigenvalue weighted by Crippen LogP contribution is -2.19. The van der Waals surface area contributed by atoms with Gasteiger partial charge in [-0.3, -0.25) is 0 Å². The van der Waals surface area contributed by atoms with Gasteiger partial charge in [0.15, 0.2) is 0 Å². The fourth-order valence-corrected chi connectivity index (χ4v) is 2.19. The average Bonchev–Trinajstić information content (AvgIpc) is 2.62. The standard InChI is InChI=1S/C9H4ClF3N2OS/c10-7-2-1-5(17-7)4-3-6(9(11,12)13)15-8(16)14-4/h1-3H,(H,14,15,16). The van der Waals surface area contributed by atoms with E-state index in [9.17, 15) is 18.0 Å². The van der Waals surface area contributed by atoms with Crippen molar-refractivity contribution in [1.82, 2.24) is 9.97 Å². The summed E-state index contributed by atoms with van der Waals surface area (Å²) >= 11 is 6.71. The van der Waals surface area contributed by atoms with Crippen LogP contribution in [-0.4, -0.2) is 9.97 Å². The Kier molecular flexibility index (Phi) is 2.96. The quantitative estimate of drug-likeness (QED) is 0.872. The molecule has 0 bridgehead atoms. The summed E-state index contributed by atoms with van der Waals surface area (Å²) in [5, 5.41) is 0. The number of aromatic amines is 1. The van der Waals surface area contributed by atoms with E-state index in [1.54, 1.807) is 4.98 Å². The van der Waals surface area contributed by atoms with Crippen molar-refractivity contribution in [1.29, 1.82) is 0 Å². The molecule has 2 rings (SSSR count). The number of nitrogens with zero attached hydrogens (tertiary/aromatic N) is 1. The summed E-state index contributed by atoms with van der Waals surface area (Å²) in [6.45, 7) is 0. The van der Waals surface area contributed by atoms with Gasteiger partial charge in [0.05, 0.1) is 14.9 Å². The lowest BCUT2D eigenvalue weighted by atomic mass is 10.3. The molecule has 1 N–H and O–H groups in total. The van der Waals surface area contributed by atoms with Crippen LogP contribution in [0.25, 0.3) is 10.6 Å². The summed E-state index contributed by atoms with van der Waals surface area (Å²) in [7, 11) is 0. The van der Waals surface area contributed by atoms with E-state index >= 15 is 0 Å². The molecule has 0 radical (unpaired) electrons. The molecule has 0 aromatic carbocycles. The smallest absolute Gasteiger partial charge is 0.302 e. The molecule has 2 aromatic rings. The van der Waals surface area contributed by atoms with E-state index in [4.69, 9.17) is 11.6 Å². The summed E-state index contributed by atoms with van der Waals surface area (Å²) in [5.74, 6) is 0. The zero-order valence-electron chi connectivity index (χ0n) is 8.01. The second-order valence-corrected chi connectivity index (χ2v) is 4.80. The summed E-state index contributed by atoms with van der Waals surface area (Å²) in [4.78, 5) is 16.6. The van der Waals surface area contributed by atoms with Crippen molar-refractivity contribution in [3.8, 4) is 10.6 Å². The highest BCUT2D eigenvalue weighted by molar-refractivity contribution is 7.19. The molecule has 0 atom stereocenters. The molecule has 3 nitrogen and oxygen atoms in total. The number of hydrogen-bond donors (Lipinski definition) is 1. The van der Waals surface area contributed by atoms with Crippen molar-refractivity contribution in [2.45, 2.75) is 6.18 Å². The highest BCUT2D eigenvalue weighted by atomic mass is 35.5. The highest BCUT2D eigenvalue weighted by Gasteiger charge is 2.32. The number of rotatable bonds is 1. The Balaban J connectivity index is 2.57. The zero-order chi connectivity index (χ0) is 12.6. The van der Waals surface area contributed by atoms with Crippen molar-refractivity contribution in [2.75, 3.05) is 0 Å². The van der Waals surface area contributed by atoms with Crippen LogP contribution in [0.4, 0.5) is 13.2 Å². The van der Waals surface area contributed by atoms with Crippen LogP contribution in [0.15, 0.2) is 23.0 Å². The van der Waals surface area contributed by atoms with Gasteiger partial charge in [-0.25, -0.2) is 4.79 Å². The van der Waals surface area contributed by atoms with Crippen LogP contribution >= 0.6 is 22.9 Å². The van der Waals surface area contributed by atoms with E-state index in [0.717, 1.165) is 17.4 Å². The van der Waals surface area contributed by atoms with Crippen molar-refractivity contribution in [2.24, 2.45) is 0 Å². The predicted octanol–water partition coefficient (Wildman–Crippen LogP) is 3.17. The minimum Gasteiger partial charge on any atom is -0.302 e. The first-order valence-corrected chi connectivity index (χ1v) is 5.50. The summed E-state index contributed by atoms with van der Waals surface area (Å²) in [6.07, 6.45) is -4.61. The Morgan fingerprint density at radius 1 is 1.35 bits per heavy atom. The maximum atomic E-state index is 12.4. The van der Waals surface area contributed by atoms with Gasteiger partial charge in [-0.05, 0) is 18.2 Å². The topological polar surface area (TPSA) is 45.8 Å². The van der Waals surface area contributed by atoms with Crippen molar-refractivity contribution in [3.05, 3.63) is 38.7 Å². The largest absolute Gasteiger partial charge is 0.431 e. The molecule has 90 valence electrons. The van der Waals surface area contributed by atoms with Crippen LogP contribution in [0.5, 0.6) is 0 Å². The first-order chi connectivity index (χ1) is 7.86. The van der Waals surface area contributed by atoms with Crippen molar-refractivity contribution in [3.63, 3.8) is 0 Å². The van der Waals surface area contributed by atoms with Gasteiger partial charge in [-0.15, -0.1) is 11.3 Å². The van der Waals surface area contributed by atoms with Gasteiger partial charge < -0.3 is 4.98 Å². The molecule has 2 aromatic heterocycles.